The van der Waals surface area contributed by atoms with Crippen LogP contribution in [0.2, 0.25) is 0 Å². The molecule has 1 N–H and O–H groups in total. The van der Waals surface area contributed by atoms with E-state index in [4.69, 9.17) is 4.74 Å². The van der Waals surface area contributed by atoms with Gasteiger partial charge in [-0.1, -0.05) is 12.1 Å². The van der Waals surface area contributed by atoms with Gasteiger partial charge in [-0.25, -0.2) is 8.42 Å². The maximum Gasteiger partial charge on any atom is 0.177 e. The van der Waals surface area contributed by atoms with Crippen LogP contribution in [-0.4, -0.2) is 33.9 Å². The summed E-state index contributed by atoms with van der Waals surface area (Å²) in [6.07, 6.45) is 7.24. The summed E-state index contributed by atoms with van der Waals surface area (Å²) in [6, 6.07) is 7.05. The van der Waals surface area contributed by atoms with Crippen LogP contribution in [0.4, 0.5) is 5.69 Å². The molecular weight excluding hydrogens is 274 g/mol. The molecule has 0 aromatic heterocycles. The first-order chi connectivity index (χ1) is 9.57. The molecule has 0 saturated carbocycles. The molecule has 1 fully saturated rings. The van der Waals surface area contributed by atoms with Gasteiger partial charge in [0.15, 0.2) is 9.84 Å². The highest BCUT2D eigenvalue weighted by Gasteiger charge is 2.14. The van der Waals surface area contributed by atoms with Crippen LogP contribution in [0.5, 0.6) is 0 Å². The third-order valence-corrected chi connectivity index (χ3v) is 4.73. The number of anilines is 1. The lowest BCUT2D eigenvalue weighted by Crippen LogP contribution is -2.20. The van der Waals surface area contributed by atoms with E-state index in [9.17, 15) is 8.42 Å². The molecule has 112 valence electrons. The summed E-state index contributed by atoms with van der Waals surface area (Å²) in [7, 11) is -3.18. The Hall–Kier alpha value is -1.07. The van der Waals surface area contributed by atoms with Crippen LogP contribution in [0.15, 0.2) is 29.2 Å². The summed E-state index contributed by atoms with van der Waals surface area (Å²) >= 11 is 0. The fourth-order valence-electron chi connectivity index (χ4n) is 2.52. The van der Waals surface area contributed by atoms with Crippen LogP contribution >= 0.6 is 0 Å². The number of sulfone groups is 1. The van der Waals surface area contributed by atoms with Gasteiger partial charge < -0.3 is 10.1 Å². The first-order valence-electron chi connectivity index (χ1n) is 7.22. The number of nitrogens with one attached hydrogen (secondary N) is 1. The largest absolute Gasteiger partial charge is 0.384 e. The van der Waals surface area contributed by atoms with E-state index in [-0.39, 0.29) is 0 Å². The Morgan fingerprint density at radius 3 is 2.80 bits per heavy atom. The Bertz CT molecular complexity index is 522. The summed E-state index contributed by atoms with van der Waals surface area (Å²) in [5, 5.41) is 3.22. The van der Waals surface area contributed by atoms with Crippen molar-refractivity contribution in [3.05, 3.63) is 24.3 Å². The molecule has 0 bridgehead atoms. The average molecular weight is 297 g/mol. The molecule has 1 aliphatic rings. The normalized spacial score (nSPS) is 19.8. The second-order valence-corrected chi connectivity index (χ2v) is 7.31. The van der Waals surface area contributed by atoms with Crippen LogP contribution in [0.3, 0.4) is 0 Å². The molecule has 1 aromatic carbocycles. The molecule has 0 spiro atoms. The highest BCUT2D eigenvalue weighted by Crippen LogP contribution is 2.21. The molecule has 0 aliphatic carbocycles. The van der Waals surface area contributed by atoms with Crippen molar-refractivity contribution in [1.29, 1.82) is 0 Å². The third kappa shape index (κ3) is 4.49. The van der Waals surface area contributed by atoms with E-state index < -0.39 is 9.84 Å². The van der Waals surface area contributed by atoms with Crippen molar-refractivity contribution in [1.82, 2.24) is 0 Å². The molecule has 1 atom stereocenters. The second-order valence-electron chi connectivity index (χ2n) is 5.33. The number of hydrogen-bond acceptors (Lipinski definition) is 4. The summed E-state index contributed by atoms with van der Waals surface area (Å²) in [4.78, 5) is 0.369. The van der Waals surface area contributed by atoms with Crippen LogP contribution < -0.4 is 5.32 Å². The van der Waals surface area contributed by atoms with Gasteiger partial charge in [-0.15, -0.1) is 0 Å². The molecule has 5 heteroatoms. The van der Waals surface area contributed by atoms with Crippen molar-refractivity contribution in [3.63, 3.8) is 0 Å². The van der Waals surface area contributed by atoms with Crippen LogP contribution in [0.1, 0.15) is 32.1 Å². The van der Waals surface area contributed by atoms with Crippen molar-refractivity contribution in [2.45, 2.75) is 43.1 Å². The van der Waals surface area contributed by atoms with E-state index in [0.29, 0.717) is 16.7 Å². The van der Waals surface area contributed by atoms with E-state index in [2.05, 4.69) is 5.32 Å². The predicted octanol–water partition coefficient (Wildman–Crippen LogP) is 2.85. The van der Waals surface area contributed by atoms with Crippen LogP contribution in [0.25, 0.3) is 0 Å². The zero-order chi connectivity index (χ0) is 14.4. The van der Waals surface area contributed by atoms with E-state index in [1.807, 2.05) is 12.1 Å². The standard InChI is InChI=1S/C15H23NO3S/c1-20(17,18)15-10-3-2-9-14(15)16-11-6-8-13-7-4-5-12-19-13/h2-3,9-10,13,16H,4-8,11-12H2,1H3. The Kier molecular flexibility index (Phi) is 5.43. The zero-order valence-electron chi connectivity index (χ0n) is 12.0. The van der Waals surface area contributed by atoms with Gasteiger partial charge in [-0.3, -0.25) is 0 Å². The SMILES string of the molecule is CS(=O)(=O)c1ccccc1NCCCC1CCCCO1. The monoisotopic (exact) mass is 297 g/mol. The molecule has 1 unspecified atom stereocenters. The molecule has 2 rings (SSSR count). The van der Waals surface area contributed by atoms with Gasteiger partial charge in [0.25, 0.3) is 0 Å². The van der Waals surface area contributed by atoms with Gasteiger partial charge in [-0.05, 0) is 44.2 Å². The lowest BCUT2D eigenvalue weighted by molar-refractivity contribution is 0.0107. The molecule has 1 heterocycles. The summed E-state index contributed by atoms with van der Waals surface area (Å²) in [6.45, 7) is 1.65. The maximum absolute atomic E-state index is 11.7. The van der Waals surface area contributed by atoms with Crippen molar-refractivity contribution in [3.8, 4) is 0 Å². The lowest BCUT2D eigenvalue weighted by Gasteiger charge is -2.22. The zero-order valence-corrected chi connectivity index (χ0v) is 12.8. The molecular formula is C15H23NO3S. The smallest absolute Gasteiger partial charge is 0.177 e. The quantitative estimate of drug-likeness (QED) is 0.820. The molecule has 1 saturated heterocycles. The molecule has 0 radical (unpaired) electrons. The number of para-hydroxylation sites is 1. The Balaban J connectivity index is 1.82. The topological polar surface area (TPSA) is 55.4 Å². The Labute approximate surface area is 121 Å². The van der Waals surface area contributed by atoms with Crippen molar-refractivity contribution in [2.75, 3.05) is 24.7 Å². The molecule has 1 aliphatic heterocycles. The highest BCUT2D eigenvalue weighted by molar-refractivity contribution is 7.90. The van der Waals surface area contributed by atoms with Gasteiger partial charge in [0.1, 0.15) is 0 Å². The van der Waals surface area contributed by atoms with Gasteiger partial charge in [0, 0.05) is 19.4 Å². The summed E-state index contributed by atoms with van der Waals surface area (Å²) in [5.41, 5.74) is 0.694. The van der Waals surface area contributed by atoms with Gasteiger partial charge in [-0.2, -0.15) is 0 Å². The highest BCUT2D eigenvalue weighted by atomic mass is 32.2. The number of ether oxygens (including phenoxy) is 1. The molecule has 0 amide bonds. The summed E-state index contributed by atoms with van der Waals surface area (Å²) < 4.78 is 29.0. The van der Waals surface area contributed by atoms with Gasteiger partial charge >= 0.3 is 0 Å². The average Bonchev–Trinajstić information content (AvgIpc) is 2.44. The minimum Gasteiger partial charge on any atom is -0.384 e. The number of rotatable bonds is 6. The first kappa shape index (κ1) is 15.3. The van der Waals surface area contributed by atoms with E-state index in [0.717, 1.165) is 32.4 Å². The Morgan fingerprint density at radius 2 is 2.10 bits per heavy atom. The van der Waals surface area contributed by atoms with Gasteiger partial charge in [0.05, 0.1) is 16.7 Å². The molecule has 1 aromatic rings. The van der Waals surface area contributed by atoms with Crippen LogP contribution in [-0.2, 0) is 14.6 Å². The minimum absolute atomic E-state index is 0.369. The number of hydrogen-bond donors (Lipinski definition) is 1. The summed E-state index contributed by atoms with van der Waals surface area (Å²) in [5.74, 6) is 0. The minimum atomic E-state index is -3.18. The van der Waals surface area contributed by atoms with E-state index in [1.165, 1.54) is 19.1 Å². The Morgan fingerprint density at radius 1 is 1.30 bits per heavy atom. The van der Waals surface area contributed by atoms with Crippen molar-refractivity contribution >= 4 is 15.5 Å². The van der Waals surface area contributed by atoms with Gasteiger partial charge in [0.2, 0.25) is 0 Å². The molecule has 20 heavy (non-hydrogen) atoms. The predicted molar refractivity (Wildman–Crippen MR) is 80.9 cm³/mol. The van der Waals surface area contributed by atoms with Crippen molar-refractivity contribution < 1.29 is 13.2 Å². The fourth-order valence-corrected chi connectivity index (χ4v) is 3.39. The lowest BCUT2D eigenvalue weighted by atomic mass is 10.0. The van der Waals surface area contributed by atoms with Crippen LogP contribution in [0, 0.1) is 0 Å². The van der Waals surface area contributed by atoms with Crippen molar-refractivity contribution in [2.24, 2.45) is 0 Å². The molecule has 4 nitrogen and oxygen atoms in total. The maximum atomic E-state index is 11.7. The first-order valence-corrected chi connectivity index (χ1v) is 9.11. The fraction of sp³-hybridized carbons (Fsp3) is 0.600. The second kappa shape index (κ2) is 7.09. The van der Waals surface area contributed by atoms with E-state index >= 15 is 0 Å². The van der Waals surface area contributed by atoms with E-state index in [1.54, 1.807) is 12.1 Å². The third-order valence-electron chi connectivity index (χ3n) is 3.58. The number of benzene rings is 1.